The number of hydrogen-bond donors (Lipinski definition) is 1. The number of furan rings is 1. The Morgan fingerprint density at radius 2 is 1.83 bits per heavy atom. The van der Waals surface area contributed by atoms with Crippen molar-refractivity contribution >= 4 is 29.1 Å². The van der Waals surface area contributed by atoms with E-state index in [1.165, 1.54) is 11.8 Å². The second-order valence-corrected chi connectivity index (χ2v) is 9.06. The predicted molar refractivity (Wildman–Crippen MR) is 113 cm³/mol. The number of benzene rings is 1. The Morgan fingerprint density at radius 1 is 1.14 bits per heavy atom. The van der Waals surface area contributed by atoms with E-state index >= 15 is 0 Å². The van der Waals surface area contributed by atoms with Crippen molar-refractivity contribution in [3.05, 3.63) is 48.2 Å². The maximum atomic E-state index is 12.8. The van der Waals surface area contributed by atoms with Crippen LogP contribution in [0.25, 0.3) is 11.6 Å². The van der Waals surface area contributed by atoms with E-state index in [-0.39, 0.29) is 16.9 Å². The van der Waals surface area contributed by atoms with Gasteiger partial charge >= 0.3 is 0 Å². The van der Waals surface area contributed by atoms with Gasteiger partial charge < -0.3 is 14.3 Å². The van der Waals surface area contributed by atoms with Gasteiger partial charge in [-0.25, -0.2) is 0 Å². The molecule has 0 aliphatic rings. The van der Waals surface area contributed by atoms with Crippen molar-refractivity contribution in [2.75, 3.05) is 5.32 Å². The minimum atomic E-state index is -0.482. The second kappa shape index (κ2) is 8.24. The summed E-state index contributed by atoms with van der Waals surface area (Å²) in [6.45, 7) is 7.39. The Labute approximate surface area is 173 Å². The smallest absolute Gasteiger partial charge is 0.229 e. The molecule has 0 bridgehead atoms. The van der Waals surface area contributed by atoms with Gasteiger partial charge in [-0.3, -0.25) is 9.59 Å². The highest BCUT2D eigenvalue weighted by Gasteiger charge is 2.23. The van der Waals surface area contributed by atoms with Gasteiger partial charge in [-0.05, 0) is 43.3 Å². The third kappa shape index (κ3) is 4.76. The molecule has 3 rings (SSSR count). The molecule has 1 atom stereocenters. The minimum absolute atomic E-state index is 0.0220. The van der Waals surface area contributed by atoms with Gasteiger partial charge in [-0.2, -0.15) is 0 Å². The number of thioether (sulfide) groups is 1. The van der Waals surface area contributed by atoms with E-state index in [1.54, 1.807) is 41.2 Å². The van der Waals surface area contributed by atoms with E-state index in [0.717, 1.165) is 0 Å². The van der Waals surface area contributed by atoms with E-state index in [4.69, 9.17) is 4.42 Å². The normalized spacial score (nSPS) is 12.6. The summed E-state index contributed by atoms with van der Waals surface area (Å²) in [6.07, 6.45) is 1.58. The first-order valence-electron chi connectivity index (χ1n) is 9.22. The summed E-state index contributed by atoms with van der Waals surface area (Å²) < 4.78 is 7.17. The molecule has 29 heavy (non-hydrogen) atoms. The Bertz CT molecular complexity index is 1000. The van der Waals surface area contributed by atoms with Crippen LogP contribution in [0.3, 0.4) is 0 Å². The van der Waals surface area contributed by atoms with Gasteiger partial charge in [0.2, 0.25) is 5.91 Å². The quantitative estimate of drug-likeness (QED) is 0.476. The molecule has 152 valence electrons. The number of nitrogens with zero attached hydrogens (tertiary/aromatic N) is 3. The number of nitrogens with one attached hydrogen (secondary N) is 1. The van der Waals surface area contributed by atoms with Gasteiger partial charge in [-0.1, -0.05) is 32.5 Å². The molecular weight excluding hydrogens is 388 g/mol. The molecule has 1 amide bonds. The van der Waals surface area contributed by atoms with Crippen molar-refractivity contribution in [1.82, 2.24) is 14.8 Å². The van der Waals surface area contributed by atoms with Crippen LogP contribution in [0.4, 0.5) is 5.69 Å². The molecule has 0 spiro atoms. The summed E-state index contributed by atoms with van der Waals surface area (Å²) in [4.78, 5) is 24.9. The minimum Gasteiger partial charge on any atom is -0.461 e. The molecule has 3 aromatic rings. The van der Waals surface area contributed by atoms with Crippen LogP contribution in [0.15, 0.2) is 52.2 Å². The van der Waals surface area contributed by atoms with Crippen LogP contribution >= 0.6 is 11.8 Å². The fourth-order valence-corrected chi connectivity index (χ4v) is 3.41. The number of ketones is 1. The molecule has 1 aromatic carbocycles. The standard InChI is InChI=1S/C21H24N4O3S/c1-13(29-20-24-23-18(25(20)5)16-7-6-12-28-16)17(26)14-8-10-15(11-9-14)22-19(27)21(2,3)4/h6-13H,1-5H3,(H,22,27)/t13-/m1/s1. The molecule has 1 N–H and O–H groups in total. The lowest BCUT2D eigenvalue weighted by Gasteiger charge is -2.17. The molecule has 0 aliphatic carbocycles. The number of hydrogen-bond acceptors (Lipinski definition) is 6. The Morgan fingerprint density at radius 3 is 2.41 bits per heavy atom. The third-order valence-corrected chi connectivity index (χ3v) is 5.47. The zero-order valence-corrected chi connectivity index (χ0v) is 17.9. The van der Waals surface area contributed by atoms with Gasteiger partial charge in [0.25, 0.3) is 0 Å². The molecule has 0 aliphatic heterocycles. The van der Waals surface area contributed by atoms with E-state index in [2.05, 4.69) is 15.5 Å². The summed E-state index contributed by atoms with van der Waals surface area (Å²) in [5, 5.41) is 11.5. The highest BCUT2D eigenvalue weighted by molar-refractivity contribution is 8.00. The molecule has 0 saturated heterocycles. The molecule has 0 radical (unpaired) electrons. The monoisotopic (exact) mass is 412 g/mol. The molecule has 7 nitrogen and oxygen atoms in total. The lowest BCUT2D eigenvalue weighted by Crippen LogP contribution is -2.27. The second-order valence-electron chi connectivity index (χ2n) is 7.75. The van der Waals surface area contributed by atoms with Crippen molar-refractivity contribution in [2.45, 2.75) is 38.1 Å². The Balaban J connectivity index is 1.67. The Hall–Kier alpha value is -2.87. The van der Waals surface area contributed by atoms with E-state index in [0.29, 0.717) is 28.0 Å². The third-order valence-electron chi connectivity index (χ3n) is 4.34. The number of anilines is 1. The zero-order valence-electron chi connectivity index (χ0n) is 17.1. The van der Waals surface area contributed by atoms with E-state index in [1.807, 2.05) is 40.8 Å². The predicted octanol–water partition coefficient (Wildman–Crippen LogP) is 4.42. The van der Waals surface area contributed by atoms with Crippen molar-refractivity contribution < 1.29 is 14.0 Å². The van der Waals surface area contributed by atoms with Gasteiger partial charge in [0, 0.05) is 23.7 Å². The van der Waals surface area contributed by atoms with Gasteiger partial charge in [0.15, 0.2) is 22.5 Å². The van der Waals surface area contributed by atoms with Crippen LogP contribution in [0.5, 0.6) is 0 Å². The average Bonchev–Trinajstić information content (AvgIpc) is 3.31. The SMILES string of the molecule is C[C@@H](Sc1nnc(-c2ccco2)n1C)C(=O)c1ccc(NC(=O)C(C)(C)C)cc1. The molecule has 0 unspecified atom stereocenters. The number of Topliss-reactive ketones (excluding diaryl/α,β-unsaturated/α-hetero) is 1. The highest BCUT2D eigenvalue weighted by atomic mass is 32.2. The number of carbonyl (C=O) groups is 2. The van der Waals surface area contributed by atoms with Crippen LogP contribution in [-0.2, 0) is 11.8 Å². The molecule has 8 heteroatoms. The molecule has 2 aromatic heterocycles. The zero-order chi connectivity index (χ0) is 21.2. The van der Waals surface area contributed by atoms with Gasteiger partial charge in [0.1, 0.15) is 0 Å². The maximum absolute atomic E-state index is 12.8. The fraction of sp³-hybridized carbons (Fsp3) is 0.333. The summed E-state index contributed by atoms with van der Waals surface area (Å²) in [6, 6.07) is 10.5. The van der Waals surface area contributed by atoms with Gasteiger partial charge in [0.05, 0.1) is 11.5 Å². The van der Waals surface area contributed by atoms with Crippen molar-refractivity contribution in [3.8, 4) is 11.6 Å². The molecular formula is C21H24N4O3S. The first-order valence-corrected chi connectivity index (χ1v) is 10.1. The van der Waals surface area contributed by atoms with E-state index in [9.17, 15) is 9.59 Å². The molecule has 0 fully saturated rings. The highest BCUT2D eigenvalue weighted by Crippen LogP contribution is 2.28. The van der Waals surface area contributed by atoms with Crippen LogP contribution in [0, 0.1) is 5.41 Å². The number of carbonyl (C=O) groups excluding carboxylic acids is 2. The Kier molecular flexibility index (Phi) is 5.93. The van der Waals surface area contributed by atoms with Crippen molar-refractivity contribution in [2.24, 2.45) is 12.5 Å². The summed E-state index contributed by atoms with van der Waals surface area (Å²) in [5.41, 5.74) is 0.759. The summed E-state index contributed by atoms with van der Waals surface area (Å²) in [7, 11) is 1.84. The van der Waals surface area contributed by atoms with Crippen molar-refractivity contribution in [1.29, 1.82) is 0 Å². The van der Waals surface area contributed by atoms with Crippen LogP contribution in [0.2, 0.25) is 0 Å². The summed E-state index contributed by atoms with van der Waals surface area (Å²) in [5.74, 6) is 1.14. The summed E-state index contributed by atoms with van der Waals surface area (Å²) >= 11 is 1.34. The topological polar surface area (TPSA) is 90.0 Å². The number of amides is 1. The lowest BCUT2D eigenvalue weighted by molar-refractivity contribution is -0.123. The molecule has 2 heterocycles. The fourth-order valence-electron chi connectivity index (χ4n) is 2.52. The van der Waals surface area contributed by atoms with Crippen molar-refractivity contribution in [3.63, 3.8) is 0 Å². The number of aromatic nitrogens is 3. The maximum Gasteiger partial charge on any atom is 0.229 e. The van der Waals surface area contributed by atoms with E-state index < -0.39 is 5.41 Å². The van der Waals surface area contributed by atoms with Gasteiger partial charge in [-0.15, -0.1) is 10.2 Å². The first-order chi connectivity index (χ1) is 13.7. The van der Waals surface area contributed by atoms with Crippen LogP contribution < -0.4 is 5.32 Å². The molecule has 0 saturated carbocycles. The lowest BCUT2D eigenvalue weighted by atomic mass is 9.95. The van der Waals surface area contributed by atoms with Crippen LogP contribution in [0.1, 0.15) is 38.1 Å². The first kappa shape index (κ1) is 20.9. The van der Waals surface area contributed by atoms with Crippen LogP contribution in [-0.4, -0.2) is 31.7 Å². The largest absolute Gasteiger partial charge is 0.461 e. The average molecular weight is 413 g/mol. The number of rotatable bonds is 6.